The van der Waals surface area contributed by atoms with Gasteiger partial charge in [-0.05, 0) is 13.0 Å². The standard InChI is InChI=1S/C11H7Cl2N5O3/c1-5-2-8(12)16-11(15-5)17-10(19)7-3-6(18(20)21)4-14-9(7)13/h2-4H,1H3,(H,15,16,17,19). The first-order valence-corrected chi connectivity index (χ1v) is 6.25. The van der Waals surface area contributed by atoms with Crippen molar-refractivity contribution in [3.8, 4) is 0 Å². The van der Waals surface area contributed by atoms with E-state index in [9.17, 15) is 14.9 Å². The van der Waals surface area contributed by atoms with E-state index in [1.807, 2.05) is 0 Å². The van der Waals surface area contributed by atoms with Crippen LogP contribution in [-0.2, 0) is 0 Å². The van der Waals surface area contributed by atoms with E-state index in [4.69, 9.17) is 23.2 Å². The number of carbonyl (C=O) groups excluding carboxylic acids is 1. The van der Waals surface area contributed by atoms with Gasteiger partial charge in [0, 0.05) is 11.8 Å². The highest BCUT2D eigenvalue weighted by Gasteiger charge is 2.18. The molecule has 0 saturated carbocycles. The molecule has 2 aromatic heterocycles. The molecule has 0 fully saturated rings. The van der Waals surface area contributed by atoms with Crippen molar-refractivity contribution in [2.75, 3.05) is 5.32 Å². The van der Waals surface area contributed by atoms with Crippen LogP contribution in [0.15, 0.2) is 18.3 Å². The average molecular weight is 328 g/mol. The van der Waals surface area contributed by atoms with Crippen molar-refractivity contribution in [2.45, 2.75) is 6.92 Å². The molecule has 21 heavy (non-hydrogen) atoms. The molecule has 8 nitrogen and oxygen atoms in total. The van der Waals surface area contributed by atoms with E-state index in [0.717, 1.165) is 12.3 Å². The van der Waals surface area contributed by atoms with Crippen LogP contribution < -0.4 is 5.32 Å². The van der Waals surface area contributed by atoms with Gasteiger partial charge in [-0.2, -0.15) is 0 Å². The van der Waals surface area contributed by atoms with Crippen LogP contribution in [0, 0.1) is 17.0 Å². The van der Waals surface area contributed by atoms with Crippen molar-refractivity contribution in [3.63, 3.8) is 0 Å². The monoisotopic (exact) mass is 327 g/mol. The summed E-state index contributed by atoms with van der Waals surface area (Å²) in [5.74, 6) is -0.759. The van der Waals surface area contributed by atoms with Gasteiger partial charge in [0.1, 0.15) is 16.5 Å². The van der Waals surface area contributed by atoms with E-state index in [1.54, 1.807) is 6.92 Å². The first-order valence-electron chi connectivity index (χ1n) is 5.49. The maximum absolute atomic E-state index is 12.1. The molecule has 108 valence electrons. The number of hydrogen-bond acceptors (Lipinski definition) is 6. The third-order valence-electron chi connectivity index (χ3n) is 2.33. The molecule has 0 aliphatic carbocycles. The Hall–Kier alpha value is -2.32. The van der Waals surface area contributed by atoms with Gasteiger partial charge in [-0.25, -0.2) is 15.0 Å². The molecule has 1 amide bonds. The second-order valence-corrected chi connectivity index (χ2v) is 4.64. The minimum Gasteiger partial charge on any atom is -0.290 e. The van der Waals surface area contributed by atoms with Crippen LogP contribution >= 0.6 is 23.2 Å². The minimum absolute atomic E-state index is 0.0347. The number of rotatable bonds is 3. The number of pyridine rings is 1. The Morgan fingerprint density at radius 3 is 2.67 bits per heavy atom. The van der Waals surface area contributed by atoms with E-state index in [2.05, 4.69) is 20.3 Å². The first-order chi connectivity index (χ1) is 9.86. The Bertz CT molecular complexity index is 718. The number of hydrogen-bond donors (Lipinski definition) is 1. The van der Waals surface area contributed by atoms with Crippen LogP contribution in [0.2, 0.25) is 10.3 Å². The van der Waals surface area contributed by atoms with Gasteiger partial charge in [0.25, 0.3) is 11.6 Å². The third kappa shape index (κ3) is 3.61. The van der Waals surface area contributed by atoms with Gasteiger partial charge >= 0.3 is 0 Å². The Balaban J connectivity index is 2.31. The number of nitro groups is 1. The summed E-state index contributed by atoms with van der Waals surface area (Å²) in [7, 11) is 0. The number of aryl methyl sites for hydroxylation is 1. The van der Waals surface area contributed by atoms with E-state index < -0.39 is 10.8 Å². The molecule has 0 atom stereocenters. The second-order valence-electron chi connectivity index (χ2n) is 3.90. The van der Waals surface area contributed by atoms with Crippen molar-refractivity contribution in [1.82, 2.24) is 15.0 Å². The van der Waals surface area contributed by atoms with E-state index in [0.29, 0.717) is 5.69 Å². The van der Waals surface area contributed by atoms with Crippen LogP contribution in [0.1, 0.15) is 16.1 Å². The molecule has 0 unspecified atom stereocenters. The topological polar surface area (TPSA) is 111 Å². The van der Waals surface area contributed by atoms with Gasteiger partial charge in [0.2, 0.25) is 5.95 Å². The summed E-state index contributed by atoms with van der Waals surface area (Å²) in [6.07, 6.45) is 0.957. The van der Waals surface area contributed by atoms with Crippen LogP contribution in [0.25, 0.3) is 0 Å². The molecule has 0 spiro atoms. The van der Waals surface area contributed by atoms with Gasteiger partial charge < -0.3 is 0 Å². The predicted molar refractivity (Wildman–Crippen MR) is 75.6 cm³/mol. The molecule has 0 aliphatic rings. The quantitative estimate of drug-likeness (QED) is 0.401. The highest BCUT2D eigenvalue weighted by Crippen LogP contribution is 2.20. The minimum atomic E-state index is -0.724. The van der Waals surface area contributed by atoms with E-state index >= 15 is 0 Å². The Labute approximate surface area is 128 Å². The summed E-state index contributed by atoms with van der Waals surface area (Å²) in [6.45, 7) is 1.67. The third-order valence-corrected chi connectivity index (χ3v) is 2.82. The Morgan fingerprint density at radius 2 is 2.05 bits per heavy atom. The number of anilines is 1. The number of aromatic nitrogens is 3. The number of amides is 1. The van der Waals surface area contributed by atoms with Crippen LogP contribution in [0.3, 0.4) is 0 Å². The van der Waals surface area contributed by atoms with Gasteiger partial charge in [0.05, 0.1) is 10.5 Å². The van der Waals surface area contributed by atoms with Gasteiger partial charge in [-0.1, -0.05) is 23.2 Å². The fraction of sp³-hybridized carbons (Fsp3) is 0.0909. The average Bonchev–Trinajstić information content (AvgIpc) is 2.37. The highest BCUT2D eigenvalue weighted by atomic mass is 35.5. The summed E-state index contributed by atoms with van der Waals surface area (Å²) >= 11 is 11.5. The number of nitrogens with one attached hydrogen (secondary N) is 1. The molecule has 0 radical (unpaired) electrons. The zero-order valence-electron chi connectivity index (χ0n) is 10.5. The van der Waals surface area contributed by atoms with Gasteiger partial charge in [0.15, 0.2) is 0 Å². The number of carbonyl (C=O) groups is 1. The number of halogens is 2. The fourth-order valence-corrected chi connectivity index (χ4v) is 1.88. The molecular weight excluding hydrogens is 321 g/mol. The molecule has 1 N–H and O–H groups in total. The summed E-state index contributed by atoms with van der Waals surface area (Å²) in [6, 6.07) is 2.53. The first kappa shape index (κ1) is 15.1. The zero-order chi connectivity index (χ0) is 15.6. The van der Waals surface area contributed by atoms with Crippen molar-refractivity contribution >= 4 is 40.7 Å². The summed E-state index contributed by atoms with van der Waals surface area (Å²) in [4.78, 5) is 33.4. The van der Waals surface area contributed by atoms with E-state index in [-0.39, 0.29) is 27.5 Å². The molecule has 2 aromatic rings. The van der Waals surface area contributed by atoms with E-state index in [1.165, 1.54) is 6.07 Å². The predicted octanol–water partition coefficient (Wildman–Crippen LogP) is 2.65. The molecule has 10 heteroatoms. The summed E-state index contributed by atoms with van der Waals surface area (Å²) in [5, 5.41) is 13.0. The van der Waals surface area contributed by atoms with Gasteiger partial charge in [-0.15, -0.1) is 0 Å². The zero-order valence-corrected chi connectivity index (χ0v) is 12.0. The molecular formula is C11H7Cl2N5O3. The second kappa shape index (κ2) is 5.98. The molecule has 0 saturated heterocycles. The Morgan fingerprint density at radius 1 is 1.33 bits per heavy atom. The van der Waals surface area contributed by atoms with Crippen molar-refractivity contribution in [2.24, 2.45) is 0 Å². The largest absolute Gasteiger partial charge is 0.290 e. The molecule has 0 bridgehead atoms. The Kier molecular flexibility index (Phi) is 4.29. The SMILES string of the molecule is Cc1cc(Cl)nc(NC(=O)c2cc([N+](=O)[O-])cnc2Cl)n1. The lowest BCUT2D eigenvalue weighted by atomic mass is 10.2. The maximum Gasteiger partial charge on any atom is 0.288 e. The summed E-state index contributed by atoms with van der Waals surface area (Å²) in [5.41, 5.74) is 0.0356. The van der Waals surface area contributed by atoms with Gasteiger partial charge in [-0.3, -0.25) is 20.2 Å². The highest BCUT2D eigenvalue weighted by molar-refractivity contribution is 6.33. The van der Waals surface area contributed by atoms with Crippen molar-refractivity contribution < 1.29 is 9.72 Å². The van der Waals surface area contributed by atoms with Crippen LogP contribution in [-0.4, -0.2) is 25.8 Å². The lowest BCUT2D eigenvalue weighted by molar-refractivity contribution is -0.385. The maximum atomic E-state index is 12.1. The number of nitrogens with zero attached hydrogens (tertiary/aromatic N) is 4. The molecule has 0 aliphatic heterocycles. The smallest absolute Gasteiger partial charge is 0.288 e. The lowest BCUT2D eigenvalue weighted by Gasteiger charge is -2.05. The molecule has 0 aromatic carbocycles. The summed E-state index contributed by atoms with van der Waals surface area (Å²) < 4.78 is 0. The van der Waals surface area contributed by atoms with Crippen LogP contribution in [0.4, 0.5) is 11.6 Å². The van der Waals surface area contributed by atoms with Crippen LogP contribution in [0.5, 0.6) is 0 Å². The van der Waals surface area contributed by atoms with Crippen molar-refractivity contribution in [3.05, 3.63) is 50.0 Å². The lowest BCUT2D eigenvalue weighted by Crippen LogP contribution is -2.16. The molecule has 2 rings (SSSR count). The van der Waals surface area contributed by atoms with Crippen molar-refractivity contribution in [1.29, 1.82) is 0 Å². The fourth-order valence-electron chi connectivity index (χ4n) is 1.45. The normalized spacial score (nSPS) is 10.2. The molecule has 2 heterocycles.